The zero-order valence-electron chi connectivity index (χ0n) is 39.0. The van der Waals surface area contributed by atoms with Gasteiger partial charge in [-0.3, -0.25) is 24.0 Å². The lowest BCUT2D eigenvalue weighted by atomic mass is 9.37. The Morgan fingerprint density at radius 3 is 2.29 bits per heavy atom. The second-order valence-corrected chi connectivity index (χ2v) is 22.8. The molecule has 0 bridgehead atoms. The summed E-state index contributed by atoms with van der Waals surface area (Å²) in [5.41, 5.74) is -0.00371. The average molecular weight is 879 g/mol. The van der Waals surface area contributed by atoms with E-state index in [0.29, 0.717) is 54.5 Å². The van der Waals surface area contributed by atoms with Gasteiger partial charge in [0.1, 0.15) is 24.0 Å². The van der Waals surface area contributed by atoms with Crippen molar-refractivity contribution in [2.75, 3.05) is 27.2 Å². The van der Waals surface area contributed by atoms with Crippen LogP contribution in [-0.4, -0.2) is 84.0 Å². The standard InChI is InChI=1S/C50H72ClN3O8/c1-27(2)40-35(55)26-50(53-45(60)47(6,7)52-42(56)31-13-12-29(51)24-36(31)61-23-22-54(10)11)21-16-34-30(41(40)50)14-15-38-48(34,8)19-17-37-46(4,5)39(18-20-49(37,38)9)62-44(59)33-25-32(28(33)3)43(57)58/h12-13,24,27-28,30,32-34,37-39H,14-23,25-26H2,1-11H3,(H,52,56)(H,53,60)(H,57,58). The van der Waals surface area contributed by atoms with Gasteiger partial charge in [0.05, 0.1) is 22.9 Å². The molecular formula is C50H72ClN3O8. The van der Waals surface area contributed by atoms with E-state index in [0.717, 1.165) is 56.1 Å². The van der Waals surface area contributed by atoms with E-state index >= 15 is 0 Å². The minimum atomic E-state index is -1.31. The number of likely N-dealkylation sites (N-methyl/N-ethyl adjacent to an activating group) is 1. The molecule has 3 N–H and O–H groups in total. The number of hydrogen-bond acceptors (Lipinski definition) is 8. The van der Waals surface area contributed by atoms with Crippen LogP contribution in [0.2, 0.25) is 5.02 Å². The highest BCUT2D eigenvalue weighted by Gasteiger charge is 2.67. The zero-order chi connectivity index (χ0) is 45.5. The van der Waals surface area contributed by atoms with Crippen LogP contribution in [0.15, 0.2) is 29.3 Å². The number of nitrogens with zero attached hydrogens (tertiary/aromatic N) is 1. The Balaban J connectivity index is 1.09. The maximum absolute atomic E-state index is 14.6. The van der Waals surface area contributed by atoms with Crippen molar-refractivity contribution in [1.82, 2.24) is 15.5 Å². The third-order valence-electron chi connectivity index (χ3n) is 17.5. The van der Waals surface area contributed by atoms with Crippen LogP contribution in [0.3, 0.4) is 0 Å². The number of hydrogen-bond donors (Lipinski definition) is 3. The first-order valence-corrected chi connectivity index (χ1v) is 23.7. The molecule has 0 spiro atoms. The van der Waals surface area contributed by atoms with Crippen molar-refractivity contribution in [2.24, 2.45) is 63.6 Å². The predicted molar refractivity (Wildman–Crippen MR) is 239 cm³/mol. The lowest BCUT2D eigenvalue weighted by Crippen LogP contribution is -2.65. The van der Waals surface area contributed by atoms with E-state index in [1.807, 2.05) is 25.9 Å². The van der Waals surface area contributed by atoms with E-state index in [4.69, 9.17) is 21.1 Å². The van der Waals surface area contributed by atoms with E-state index in [-0.39, 0.29) is 75.7 Å². The molecule has 6 aliphatic carbocycles. The number of Topliss-reactive ketones (excluding diaryl/α,β-unsaturated/α-hetero) is 1. The molecule has 12 heteroatoms. The maximum Gasteiger partial charge on any atom is 0.309 e. The summed E-state index contributed by atoms with van der Waals surface area (Å²) in [6, 6.07) is 4.87. The maximum atomic E-state index is 14.6. The summed E-state index contributed by atoms with van der Waals surface area (Å²) in [7, 11) is 3.88. The Kier molecular flexibility index (Phi) is 12.4. The van der Waals surface area contributed by atoms with E-state index < -0.39 is 28.9 Å². The van der Waals surface area contributed by atoms with Gasteiger partial charge in [0.25, 0.3) is 5.91 Å². The molecule has 0 saturated heterocycles. The monoisotopic (exact) mass is 878 g/mol. The molecule has 5 saturated carbocycles. The third-order valence-corrected chi connectivity index (χ3v) is 17.8. The highest BCUT2D eigenvalue weighted by molar-refractivity contribution is 6.30. The van der Waals surface area contributed by atoms with Crippen molar-refractivity contribution in [1.29, 1.82) is 0 Å². The normalized spacial score (nSPS) is 36.1. The molecule has 0 heterocycles. The topological polar surface area (TPSA) is 151 Å². The molecule has 1 aromatic carbocycles. The largest absolute Gasteiger partial charge is 0.491 e. The quantitative estimate of drug-likeness (QED) is 0.176. The van der Waals surface area contributed by atoms with Crippen molar-refractivity contribution in [3.8, 4) is 5.75 Å². The molecule has 11 nitrogen and oxygen atoms in total. The molecule has 62 heavy (non-hydrogen) atoms. The predicted octanol–water partition coefficient (Wildman–Crippen LogP) is 8.52. The van der Waals surface area contributed by atoms with Crippen molar-refractivity contribution >= 4 is 41.1 Å². The Hall–Kier alpha value is -3.44. The number of esters is 1. The van der Waals surface area contributed by atoms with Crippen LogP contribution in [0.5, 0.6) is 5.75 Å². The van der Waals surface area contributed by atoms with Gasteiger partial charge in [0, 0.05) is 23.4 Å². The number of carboxylic acids is 1. The molecule has 11 atom stereocenters. The van der Waals surface area contributed by atoms with E-state index in [2.05, 4.69) is 52.2 Å². The number of carbonyl (C=O) groups excluding carboxylic acids is 4. The number of ketones is 1. The SMILES string of the molecule is CC(C)C1=C2C3CCC4C(C)(CCC5C(C)(C)C(OC(=O)C6CC(C(=O)O)C6C)CCC54C)C3CCC2(NC(=O)C(C)(C)NC(=O)c2ccc(Cl)cc2OCCN(C)C)CC1=O. The fourth-order valence-electron chi connectivity index (χ4n) is 14.2. The van der Waals surface area contributed by atoms with Crippen LogP contribution in [-0.2, 0) is 23.9 Å². The highest BCUT2D eigenvalue weighted by atomic mass is 35.5. The number of allylic oxidation sites excluding steroid dienone is 1. The second kappa shape index (κ2) is 16.5. The Bertz CT molecular complexity index is 2030. The molecule has 1 aromatic rings. The van der Waals surface area contributed by atoms with Crippen LogP contribution in [0.25, 0.3) is 0 Å². The van der Waals surface area contributed by atoms with Crippen molar-refractivity contribution in [3.63, 3.8) is 0 Å². The van der Waals surface area contributed by atoms with Gasteiger partial charge in [0.2, 0.25) is 5.91 Å². The third kappa shape index (κ3) is 7.81. The number of carbonyl (C=O) groups is 5. The number of amides is 2. The lowest BCUT2D eigenvalue weighted by Gasteiger charge is -2.68. The summed E-state index contributed by atoms with van der Waals surface area (Å²) >= 11 is 6.30. The molecule has 6 aliphatic rings. The van der Waals surface area contributed by atoms with Crippen molar-refractivity contribution in [3.05, 3.63) is 39.9 Å². The number of ether oxygens (including phenoxy) is 2. The van der Waals surface area contributed by atoms with Gasteiger partial charge in [-0.05, 0) is 161 Å². The Labute approximate surface area is 374 Å². The number of nitrogens with one attached hydrogen (secondary N) is 2. The summed E-state index contributed by atoms with van der Waals surface area (Å²) in [5, 5.41) is 16.4. The van der Waals surface area contributed by atoms with Gasteiger partial charge < -0.3 is 30.1 Å². The summed E-state index contributed by atoms with van der Waals surface area (Å²) in [6.07, 6.45) is 7.73. The summed E-state index contributed by atoms with van der Waals surface area (Å²) < 4.78 is 12.3. The molecule has 7 rings (SSSR count). The molecule has 342 valence electrons. The van der Waals surface area contributed by atoms with Gasteiger partial charge in [-0.25, -0.2) is 0 Å². The van der Waals surface area contributed by atoms with Crippen molar-refractivity contribution < 1.29 is 38.6 Å². The first kappa shape index (κ1) is 46.5. The van der Waals surface area contributed by atoms with Crippen LogP contribution >= 0.6 is 11.6 Å². The molecule has 11 unspecified atom stereocenters. The lowest BCUT2D eigenvalue weighted by molar-refractivity contribution is -0.216. The van der Waals surface area contributed by atoms with Crippen LogP contribution in [0.4, 0.5) is 0 Å². The second-order valence-electron chi connectivity index (χ2n) is 22.4. The van der Waals surface area contributed by atoms with E-state index in [1.165, 1.54) is 0 Å². The minimum absolute atomic E-state index is 0.00840. The summed E-state index contributed by atoms with van der Waals surface area (Å²) in [6.45, 7) is 20.0. The zero-order valence-corrected chi connectivity index (χ0v) is 39.8. The number of halogens is 1. The highest BCUT2D eigenvalue weighted by Crippen LogP contribution is 2.72. The number of benzene rings is 1. The Morgan fingerprint density at radius 2 is 1.65 bits per heavy atom. The first-order valence-electron chi connectivity index (χ1n) is 23.3. The van der Waals surface area contributed by atoms with Crippen molar-refractivity contribution in [2.45, 2.75) is 144 Å². The van der Waals surface area contributed by atoms with Gasteiger partial charge in [-0.1, -0.05) is 60.1 Å². The fourth-order valence-corrected chi connectivity index (χ4v) is 14.4. The molecular weight excluding hydrogens is 806 g/mol. The first-order chi connectivity index (χ1) is 28.9. The number of carboxylic acid groups (broad SMARTS) is 1. The van der Waals surface area contributed by atoms with Crippen LogP contribution < -0.4 is 15.4 Å². The number of aliphatic carboxylic acids is 1. The van der Waals surface area contributed by atoms with Gasteiger partial charge in [-0.2, -0.15) is 0 Å². The molecule has 0 aromatic heterocycles. The van der Waals surface area contributed by atoms with Gasteiger partial charge in [-0.15, -0.1) is 0 Å². The van der Waals surface area contributed by atoms with Crippen LogP contribution in [0, 0.1) is 63.6 Å². The van der Waals surface area contributed by atoms with Gasteiger partial charge in [0.15, 0.2) is 5.78 Å². The minimum Gasteiger partial charge on any atom is -0.491 e. The fraction of sp³-hybridized carbons (Fsp3) is 0.740. The number of fused-ring (bicyclic) bond motifs is 7. The van der Waals surface area contributed by atoms with Crippen LogP contribution in [0.1, 0.15) is 137 Å². The molecule has 2 amide bonds. The summed E-state index contributed by atoms with van der Waals surface area (Å²) in [5.74, 6) is -1.11. The van der Waals surface area contributed by atoms with E-state index in [1.54, 1.807) is 32.0 Å². The molecule has 5 fully saturated rings. The summed E-state index contributed by atoms with van der Waals surface area (Å²) in [4.78, 5) is 69.6. The molecule has 0 aliphatic heterocycles. The van der Waals surface area contributed by atoms with E-state index in [9.17, 15) is 29.1 Å². The average Bonchev–Trinajstić information content (AvgIpc) is 3.46. The van der Waals surface area contributed by atoms with Gasteiger partial charge >= 0.3 is 11.9 Å². The Morgan fingerprint density at radius 1 is 0.952 bits per heavy atom. The molecule has 0 radical (unpaired) electrons. The smallest absolute Gasteiger partial charge is 0.309 e. The number of rotatable bonds is 12.